The maximum absolute atomic E-state index is 12.3. The lowest BCUT2D eigenvalue weighted by Gasteiger charge is -2.16. The fraction of sp³-hybridized carbons (Fsp3) is 0.273. The van der Waals surface area contributed by atoms with Crippen LogP contribution in [0.2, 0.25) is 5.02 Å². The van der Waals surface area contributed by atoms with Gasteiger partial charge in [-0.2, -0.15) is 5.10 Å². The Bertz CT molecular complexity index is 1070. The summed E-state index contributed by atoms with van der Waals surface area (Å²) in [7, 11) is 0. The summed E-state index contributed by atoms with van der Waals surface area (Å²) >= 11 is 7.32. The molecule has 154 valence electrons. The summed E-state index contributed by atoms with van der Waals surface area (Å²) in [5.41, 5.74) is 4.86. The normalized spacial score (nSPS) is 20.9. The predicted molar refractivity (Wildman–Crippen MR) is 122 cm³/mol. The Morgan fingerprint density at radius 2 is 2.07 bits per heavy atom. The lowest BCUT2D eigenvalue weighted by molar-refractivity contribution is -0.122. The van der Waals surface area contributed by atoms with Gasteiger partial charge in [0, 0.05) is 22.7 Å². The first-order valence-corrected chi connectivity index (χ1v) is 11.0. The molecule has 4 rings (SSSR count). The van der Waals surface area contributed by atoms with Crippen molar-refractivity contribution in [2.75, 3.05) is 5.32 Å². The Labute approximate surface area is 184 Å². The van der Waals surface area contributed by atoms with Gasteiger partial charge in [0.2, 0.25) is 11.8 Å². The molecule has 2 amide bonds. The SMILES string of the molecule is Cc1ccc(NC(=O)CC2S/C(=N\N=C3\CCCc4ccccc43)NC2=O)cc1Cl. The topological polar surface area (TPSA) is 82.9 Å². The summed E-state index contributed by atoms with van der Waals surface area (Å²) in [6.45, 7) is 1.89. The van der Waals surface area contributed by atoms with Crippen molar-refractivity contribution in [3.05, 3.63) is 64.2 Å². The lowest BCUT2D eigenvalue weighted by atomic mass is 9.90. The third kappa shape index (κ3) is 4.74. The number of hydrogen-bond donors (Lipinski definition) is 2. The summed E-state index contributed by atoms with van der Waals surface area (Å²) in [5.74, 6) is -0.489. The highest BCUT2D eigenvalue weighted by molar-refractivity contribution is 8.15. The number of fused-ring (bicyclic) bond motifs is 1. The average molecular weight is 441 g/mol. The number of carbonyl (C=O) groups excluding carboxylic acids is 2. The molecule has 1 aliphatic heterocycles. The van der Waals surface area contributed by atoms with E-state index in [1.807, 2.05) is 25.1 Å². The van der Waals surface area contributed by atoms with E-state index in [4.69, 9.17) is 11.6 Å². The fourth-order valence-electron chi connectivity index (χ4n) is 3.45. The largest absolute Gasteiger partial charge is 0.326 e. The predicted octanol–water partition coefficient (Wildman–Crippen LogP) is 4.31. The van der Waals surface area contributed by atoms with E-state index in [1.165, 1.54) is 17.3 Å². The highest BCUT2D eigenvalue weighted by Crippen LogP contribution is 2.26. The van der Waals surface area contributed by atoms with Crippen molar-refractivity contribution >= 4 is 51.7 Å². The number of halogens is 1. The van der Waals surface area contributed by atoms with Crippen LogP contribution < -0.4 is 10.6 Å². The molecule has 0 spiro atoms. The second kappa shape index (κ2) is 9.02. The van der Waals surface area contributed by atoms with E-state index < -0.39 is 5.25 Å². The molecular formula is C22H21ClN4O2S. The van der Waals surface area contributed by atoms with Crippen molar-refractivity contribution in [1.29, 1.82) is 0 Å². The number of nitrogens with zero attached hydrogens (tertiary/aromatic N) is 2. The Hall–Kier alpha value is -2.64. The van der Waals surface area contributed by atoms with Crippen LogP contribution in [0, 0.1) is 6.92 Å². The van der Waals surface area contributed by atoms with Crippen molar-refractivity contribution in [1.82, 2.24) is 5.32 Å². The maximum Gasteiger partial charge on any atom is 0.240 e. The van der Waals surface area contributed by atoms with Crippen LogP contribution in [-0.2, 0) is 16.0 Å². The number of nitrogens with one attached hydrogen (secondary N) is 2. The van der Waals surface area contributed by atoms with Crippen molar-refractivity contribution in [3.63, 3.8) is 0 Å². The van der Waals surface area contributed by atoms with Gasteiger partial charge >= 0.3 is 0 Å². The van der Waals surface area contributed by atoms with Crippen LogP contribution in [0.15, 0.2) is 52.7 Å². The Morgan fingerprint density at radius 3 is 2.90 bits per heavy atom. The van der Waals surface area contributed by atoms with Gasteiger partial charge in [-0.15, -0.1) is 5.10 Å². The maximum atomic E-state index is 12.3. The molecule has 1 aliphatic carbocycles. The third-order valence-corrected chi connectivity index (χ3v) is 6.53. The number of hydrogen-bond acceptors (Lipinski definition) is 5. The first-order valence-electron chi connectivity index (χ1n) is 9.76. The first-order chi connectivity index (χ1) is 14.5. The Morgan fingerprint density at radius 1 is 1.23 bits per heavy atom. The van der Waals surface area contributed by atoms with Gasteiger partial charge in [0.05, 0.1) is 5.71 Å². The molecule has 8 heteroatoms. The molecule has 0 aromatic heterocycles. The standard InChI is InChI=1S/C22H21ClN4O2S/c1-13-9-10-15(11-17(13)23)24-20(28)12-19-21(29)25-22(30-19)27-26-18-8-4-6-14-5-2-3-7-16(14)18/h2-3,5,7,9-11,19H,4,6,8,12H2,1H3,(H,24,28)(H,25,27,29)/b26-18-. The molecule has 0 radical (unpaired) electrons. The van der Waals surface area contributed by atoms with Gasteiger partial charge < -0.3 is 10.6 Å². The molecule has 6 nitrogen and oxygen atoms in total. The van der Waals surface area contributed by atoms with Gasteiger partial charge in [0.1, 0.15) is 5.25 Å². The van der Waals surface area contributed by atoms with Crippen LogP contribution in [0.3, 0.4) is 0 Å². The van der Waals surface area contributed by atoms with Gasteiger partial charge in [0.15, 0.2) is 5.17 Å². The summed E-state index contributed by atoms with van der Waals surface area (Å²) < 4.78 is 0. The van der Waals surface area contributed by atoms with Crippen LogP contribution in [0.25, 0.3) is 0 Å². The lowest BCUT2D eigenvalue weighted by Crippen LogP contribution is -2.28. The number of amides is 2. The molecule has 1 saturated heterocycles. The number of amidine groups is 1. The quantitative estimate of drug-likeness (QED) is 0.695. The van der Waals surface area contributed by atoms with E-state index in [0.717, 1.165) is 36.1 Å². The second-order valence-electron chi connectivity index (χ2n) is 7.27. The minimum Gasteiger partial charge on any atom is -0.326 e. The second-order valence-corrected chi connectivity index (χ2v) is 8.87. The monoisotopic (exact) mass is 440 g/mol. The van der Waals surface area contributed by atoms with E-state index in [1.54, 1.807) is 12.1 Å². The number of anilines is 1. The van der Waals surface area contributed by atoms with E-state index in [9.17, 15) is 9.59 Å². The van der Waals surface area contributed by atoms with Gasteiger partial charge in [0.25, 0.3) is 0 Å². The van der Waals surface area contributed by atoms with Crippen LogP contribution in [0.1, 0.15) is 36.0 Å². The van der Waals surface area contributed by atoms with Gasteiger partial charge in [-0.25, -0.2) is 0 Å². The molecule has 2 aromatic rings. The molecule has 0 saturated carbocycles. The smallest absolute Gasteiger partial charge is 0.240 e. The highest BCUT2D eigenvalue weighted by Gasteiger charge is 2.32. The number of benzene rings is 2. The van der Waals surface area contributed by atoms with Crippen molar-refractivity contribution < 1.29 is 9.59 Å². The van der Waals surface area contributed by atoms with E-state index in [2.05, 4.69) is 33.0 Å². The fourth-order valence-corrected chi connectivity index (χ4v) is 4.55. The number of rotatable bonds is 4. The average Bonchev–Trinajstić information content (AvgIpc) is 3.08. The van der Waals surface area contributed by atoms with Crippen molar-refractivity contribution in [3.8, 4) is 0 Å². The molecule has 30 heavy (non-hydrogen) atoms. The summed E-state index contributed by atoms with van der Waals surface area (Å²) in [5, 5.41) is 14.6. The molecular weight excluding hydrogens is 420 g/mol. The summed E-state index contributed by atoms with van der Waals surface area (Å²) in [6, 6.07) is 13.5. The summed E-state index contributed by atoms with van der Waals surface area (Å²) in [6.07, 6.45) is 2.98. The Kier molecular flexibility index (Phi) is 6.20. The van der Waals surface area contributed by atoms with Crippen LogP contribution >= 0.6 is 23.4 Å². The highest BCUT2D eigenvalue weighted by atomic mass is 35.5. The van der Waals surface area contributed by atoms with Crippen molar-refractivity contribution in [2.24, 2.45) is 10.2 Å². The number of carbonyl (C=O) groups is 2. The minimum atomic E-state index is -0.538. The van der Waals surface area contributed by atoms with Gasteiger partial charge in [-0.1, -0.05) is 53.7 Å². The zero-order chi connectivity index (χ0) is 21.1. The van der Waals surface area contributed by atoms with Crippen molar-refractivity contribution in [2.45, 2.75) is 37.9 Å². The number of aryl methyl sites for hydroxylation is 2. The molecule has 1 unspecified atom stereocenters. The van der Waals surface area contributed by atoms with Crippen LogP contribution in [-0.4, -0.2) is 27.9 Å². The van der Waals surface area contributed by atoms with Crippen LogP contribution in [0.5, 0.6) is 0 Å². The zero-order valence-electron chi connectivity index (χ0n) is 16.4. The molecule has 2 aromatic carbocycles. The minimum absolute atomic E-state index is 0.0421. The molecule has 1 fully saturated rings. The van der Waals surface area contributed by atoms with Gasteiger partial charge in [-0.3, -0.25) is 9.59 Å². The summed E-state index contributed by atoms with van der Waals surface area (Å²) in [4.78, 5) is 24.6. The van der Waals surface area contributed by atoms with E-state index in [-0.39, 0.29) is 18.2 Å². The van der Waals surface area contributed by atoms with Crippen LogP contribution in [0.4, 0.5) is 5.69 Å². The molecule has 1 heterocycles. The zero-order valence-corrected chi connectivity index (χ0v) is 18.0. The molecule has 0 bridgehead atoms. The first kappa shape index (κ1) is 20.6. The van der Waals surface area contributed by atoms with E-state index in [0.29, 0.717) is 15.9 Å². The Balaban J connectivity index is 1.39. The third-order valence-electron chi connectivity index (χ3n) is 5.05. The molecule has 2 N–H and O–H groups in total. The van der Waals surface area contributed by atoms with Gasteiger partial charge in [-0.05, 0) is 49.4 Å². The molecule has 1 atom stereocenters. The number of thioether (sulfide) groups is 1. The molecule has 2 aliphatic rings. The van der Waals surface area contributed by atoms with E-state index >= 15 is 0 Å².